The summed E-state index contributed by atoms with van der Waals surface area (Å²) in [5.41, 5.74) is -7.17. The number of ether oxygens (including phenoxy) is 3. The van der Waals surface area contributed by atoms with E-state index in [4.69, 9.17) is 14.2 Å². The van der Waals surface area contributed by atoms with Gasteiger partial charge in [-0.15, -0.1) is 0 Å². The lowest BCUT2D eigenvalue weighted by atomic mass is 9.91. The molecule has 1 unspecified atom stereocenters. The number of H-pyrrole nitrogens is 1. The van der Waals surface area contributed by atoms with E-state index in [1.165, 1.54) is 33.5 Å². The number of aryl methyl sites for hydroxylation is 1. The molecule has 1 aliphatic heterocycles. The second kappa shape index (κ2) is 9.28. The molecule has 38 heavy (non-hydrogen) atoms. The average molecular weight is 534 g/mol. The summed E-state index contributed by atoms with van der Waals surface area (Å²) >= 11 is 0. The molecular weight excluding hydrogens is 513 g/mol. The number of amides is 2. The summed E-state index contributed by atoms with van der Waals surface area (Å²) in [6, 6.07) is 8.16. The number of nitrogens with zero attached hydrogens (tertiary/aromatic N) is 1. The number of alkyl halides is 3. The van der Waals surface area contributed by atoms with Crippen LogP contribution in [0.2, 0.25) is 0 Å². The van der Waals surface area contributed by atoms with Crippen molar-refractivity contribution in [2.45, 2.75) is 18.6 Å². The van der Waals surface area contributed by atoms with Gasteiger partial charge in [-0.3, -0.25) is 19.4 Å². The highest BCUT2D eigenvalue weighted by Gasteiger charge is 2.68. The van der Waals surface area contributed by atoms with E-state index in [0.29, 0.717) is 4.57 Å². The Balaban J connectivity index is 1.94. The molecule has 0 spiro atoms. The molecule has 200 valence electrons. The number of anilines is 1. The number of nitrogens with one attached hydrogen (secondary N) is 3. The highest BCUT2D eigenvalue weighted by Crippen LogP contribution is 2.46. The summed E-state index contributed by atoms with van der Waals surface area (Å²) in [5, 5.41) is 3.66. The van der Waals surface area contributed by atoms with Crippen LogP contribution in [0, 0.1) is 6.92 Å². The zero-order valence-corrected chi connectivity index (χ0v) is 20.4. The minimum absolute atomic E-state index is 0.0413. The fraction of sp³-hybridized carbons (Fsp3) is 0.250. The van der Waals surface area contributed by atoms with Crippen molar-refractivity contribution >= 4 is 17.6 Å². The quantitative estimate of drug-likeness (QED) is 0.439. The summed E-state index contributed by atoms with van der Waals surface area (Å²) < 4.78 is 60.3. The van der Waals surface area contributed by atoms with Gasteiger partial charge in [-0.2, -0.15) is 13.2 Å². The first-order chi connectivity index (χ1) is 17.9. The molecule has 11 nitrogen and oxygen atoms in total. The minimum atomic E-state index is -5.51. The standard InChI is InChI=1S/C24H21F3N4O7/c1-11-5-7-13(8-6-11)31-18-16(20(33)29-22(31)35)23(21(34)28-18,24(25,26)27)30-19(32)12-9-14(36-2)17(38-4)15(10-12)37-3/h5-10H,1-4H3,(H,28,34)(H,30,32)(H,29,33,35). The molecule has 14 heteroatoms. The highest BCUT2D eigenvalue weighted by atomic mass is 19.4. The average Bonchev–Trinajstić information content (AvgIpc) is 3.16. The summed E-state index contributed by atoms with van der Waals surface area (Å²) in [6.07, 6.45) is -5.51. The van der Waals surface area contributed by atoms with Crippen LogP contribution in [0.5, 0.6) is 17.2 Å². The van der Waals surface area contributed by atoms with Gasteiger partial charge in [0.25, 0.3) is 22.9 Å². The molecule has 4 rings (SSSR count). The summed E-state index contributed by atoms with van der Waals surface area (Å²) in [4.78, 5) is 53.5. The third-order valence-corrected chi connectivity index (χ3v) is 6.00. The van der Waals surface area contributed by atoms with Crippen LogP contribution in [0.25, 0.3) is 5.69 Å². The molecule has 0 fully saturated rings. The maximum absolute atomic E-state index is 14.7. The largest absolute Gasteiger partial charge is 0.493 e. The molecule has 1 aliphatic rings. The predicted molar refractivity (Wildman–Crippen MR) is 127 cm³/mol. The monoisotopic (exact) mass is 534 g/mol. The SMILES string of the molecule is COc1cc(C(=O)NC2(C(F)(F)F)C(=O)Nc3c2c(=O)[nH]c(=O)n3-c2ccc(C)cc2)cc(OC)c1OC. The van der Waals surface area contributed by atoms with Gasteiger partial charge in [0.1, 0.15) is 11.4 Å². The lowest BCUT2D eigenvalue weighted by molar-refractivity contribution is -0.196. The molecule has 0 radical (unpaired) electrons. The molecule has 0 bridgehead atoms. The van der Waals surface area contributed by atoms with E-state index in [9.17, 15) is 32.3 Å². The van der Waals surface area contributed by atoms with Crippen LogP contribution in [0.15, 0.2) is 46.0 Å². The van der Waals surface area contributed by atoms with Crippen molar-refractivity contribution in [2.24, 2.45) is 0 Å². The van der Waals surface area contributed by atoms with E-state index >= 15 is 0 Å². The van der Waals surface area contributed by atoms with Crippen LogP contribution in [0.3, 0.4) is 0 Å². The van der Waals surface area contributed by atoms with Gasteiger partial charge in [-0.05, 0) is 31.2 Å². The van der Waals surface area contributed by atoms with Crippen molar-refractivity contribution in [3.8, 4) is 22.9 Å². The summed E-state index contributed by atoms with van der Waals surface area (Å²) in [5.74, 6) is -3.91. The Labute approximate surface area is 212 Å². The first-order valence-corrected chi connectivity index (χ1v) is 10.9. The number of halogens is 3. The summed E-state index contributed by atoms with van der Waals surface area (Å²) in [7, 11) is 3.76. The Hall–Kier alpha value is -4.75. The van der Waals surface area contributed by atoms with E-state index in [1.54, 1.807) is 24.4 Å². The number of aromatic nitrogens is 2. The number of carbonyl (C=O) groups is 2. The van der Waals surface area contributed by atoms with Gasteiger partial charge in [0.2, 0.25) is 5.75 Å². The van der Waals surface area contributed by atoms with Crippen LogP contribution in [-0.4, -0.2) is 48.9 Å². The lowest BCUT2D eigenvalue weighted by Crippen LogP contribution is -2.62. The Morgan fingerprint density at radius 2 is 1.55 bits per heavy atom. The van der Waals surface area contributed by atoms with Crippen LogP contribution >= 0.6 is 0 Å². The normalized spacial score (nSPS) is 16.4. The number of hydrogen-bond donors (Lipinski definition) is 3. The Morgan fingerprint density at radius 1 is 0.974 bits per heavy atom. The summed E-state index contributed by atoms with van der Waals surface area (Å²) in [6.45, 7) is 1.75. The predicted octanol–water partition coefficient (Wildman–Crippen LogP) is 2.00. The van der Waals surface area contributed by atoms with Gasteiger partial charge >= 0.3 is 11.9 Å². The van der Waals surface area contributed by atoms with Crippen molar-refractivity contribution in [2.75, 3.05) is 26.6 Å². The van der Waals surface area contributed by atoms with E-state index < -0.39 is 51.7 Å². The van der Waals surface area contributed by atoms with E-state index in [2.05, 4.69) is 0 Å². The van der Waals surface area contributed by atoms with Gasteiger partial charge < -0.3 is 24.8 Å². The van der Waals surface area contributed by atoms with Crippen molar-refractivity contribution < 1.29 is 37.0 Å². The van der Waals surface area contributed by atoms with E-state index in [-0.39, 0.29) is 22.9 Å². The molecule has 2 amide bonds. The van der Waals surface area contributed by atoms with Crippen molar-refractivity contribution in [3.05, 3.63) is 73.9 Å². The number of fused-ring (bicyclic) bond motifs is 1. The Kier molecular flexibility index (Phi) is 6.43. The number of aromatic amines is 1. The molecule has 1 atom stereocenters. The molecule has 2 heterocycles. The zero-order chi connectivity index (χ0) is 28.0. The van der Waals surface area contributed by atoms with E-state index in [1.807, 2.05) is 10.3 Å². The second-order valence-corrected chi connectivity index (χ2v) is 8.22. The molecule has 0 saturated heterocycles. The number of carbonyl (C=O) groups excluding carboxylic acids is 2. The highest BCUT2D eigenvalue weighted by molar-refractivity contribution is 6.09. The van der Waals surface area contributed by atoms with Crippen LogP contribution in [0.4, 0.5) is 19.0 Å². The van der Waals surface area contributed by atoms with Gasteiger partial charge in [-0.25, -0.2) is 9.36 Å². The molecule has 3 N–H and O–H groups in total. The molecule has 0 saturated carbocycles. The third-order valence-electron chi connectivity index (χ3n) is 6.00. The van der Waals surface area contributed by atoms with Gasteiger partial charge in [0.15, 0.2) is 11.5 Å². The molecule has 0 aliphatic carbocycles. The van der Waals surface area contributed by atoms with Crippen molar-refractivity contribution in [1.29, 1.82) is 0 Å². The fourth-order valence-electron chi connectivity index (χ4n) is 4.17. The van der Waals surface area contributed by atoms with Crippen LogP contribution < -0.4 is 36.1 Å². The first kappa shape index (κ1) is 26.3. The molecule has 3 aromatic rings. The molecule has 1 aromatic heterocycles. The second-order valence-electron chi connectivity index (χ2n) is 8.22. The van der Waals surface area contributed by atoms with Gasteiger partial charge in [0.05, 0.1) is 27.0 Å². The number of hydrogen-bond acceptors (Lipinski definition) is 7. The van der Waals surface area contributed by atoms with Crippen molar-refractivity contribution in [1.82, 2.24) is 14.9 Å². The molecular formula is C24H21F3N4O7. The lowest BCUT2D eigenvalue weighted by Gasteiger charge is -2.30. The van der Waals surface area contributed by atoms with E-state index in [0.717, 1.165) is 17.7 Å². The molecule has 2 aromatic carbocycles. The smallest absolute Gasteiger partial charge is 0.425 e. The van der Waals surface area contributed by atoms with Crippen LogP contribution in [-0.2, 0) is 10.3 Å². The topological polar surface area (TPSA) is 141 Å². The first-order valence-electron chi connectivity index (χ1n) is 10.9. The number of benzene rings is 2. The fourth-order valence-corrected chi connectivity index (χ4v) is 4.17. The Morgan fingerprint density at radius 3 is 2.05 bits per heavy atom. The Bertz CT molecular complexity index is 1540. The maximum Gasteiger partial charge on any atom is 0.425 e. The van der Waals surface area contributed by atoms with Crippen LogP contribution in [0.1, 0.15) is 21.5 Å². The number of methoxy groups -OCH3 is 3. The van der Waals surface area contributed by atoms with Gasteiger partial charge in [0, 0.05) is 5.56 Å². The number of rotatable bonds is 6. The maximum atomic E-state index is 14.7. The zero-order valence-electron chi connectivity index (χ0n) is 20.4. The van der Waals surface area contributed by atoms with Gasteiger partial charge in [-0.1, -0.05) is 17.7 Å². The third kappa shape index (κ3) is 3.93. The van der Waals surface area contributed by atoms with Crippen molar-refractivity contribution in [3.63, 3.8) is 0 Å². The minimum Gasteiger partial charge on any atom is -0.493 e.